The van der Waals surface area contributed by atoms with Crippen LogP contribution >= 0.6 is 0 Å². The molecule has 0 saturated heterocycles. The Morgan fingerprint density at radius 3 is 2.47 bits per heavy atom. The summed E-state index contributed by atoms with van der Waals surface area (Å²) in [7, 11) is -3.86. The molecule has 4 nitrogen and oxygen atoms in total. The topological polar surface area (TPSA) is 71.4 Å². The number of halogens is 3. The first-order chi connectivity index (χ1) is 15.0. The minimum Gasteiger partial charge on any atom is -0.392 e. The van der Waals surface area contributed by atoms with Crippen LogP contribution in [0.4, 0.5) is 13.2 Å². The highest BCUT2D eigenvalue weighted by Crippen LogP contribution is 2.49. The second-order valence-electron chi connectivity index (χ2n) is 8.54. The van der Waals surface area contributed by atoms with Crippen LogP contribution in [0.15, 0.2) is 47.4 Å². The lowest BCUT2D eigenvalue weighted by atomic mass is 9.69. The average molecular weight is 469 g/mol. The molecule has 0 spiro atoms. The number of hydrogen-bond acceptors (Lipinski definition) is 4. The third-order valence-corrected chi connectivity index (χ3v) is 8.56. The Kier molecular flexibility index (Phi) is 6.86. The fraction of sp³-hybridized carbons (Fsp3) is 0.458. The van der Waals surface area contributed by atoms with Crippen molar-refractivity contribution in [1.82, 2.24) is 0 Å². The van der Waals surface area contributed by atoms with Crippen molar-refractivity contribution in [3.63, 3.8) is 0 Å². The molecule has 0 radical (unpaired) electrons. The number of unbranched alkanes of at least 4 members (excludes halogenated alkanes) is 1. The Bertz CT molecular complexity index is 1090. The van der Waals surface area contributed by atoms with Crippen molar-refractivity contribution < 1.29 is 31.5 Å². The maximum atomic E-state index is 13.4. The first-order valence-electron chi connectivity index (χ1n) is 10.7. The van der Waals surface area contributed by atoms with Gasteiger partial charge in [0.25, 0.3) is 0 Å². The van der Waals surface area contributed by atoms with E-state index in [1.165, 1.54) is 30.3 Å². The highest BCUT2D eigenvalue weighted by molar-refractivity contribution is 7.91. The molecule has 0 fully saturated rings. The smallest absolute Gasteiger partial charge is 0.392 e. The molecule has 1 heterocycles. The first kappa shape index (κ1) is 24.5. The van der Waals surface area contributed by atoms with Crippen molar-refractivity contribution in [3.05, 3.63) is 64.7 Å². The lowest BCUT2D eigenvalue weighted by Gasteiger charge is -2.39. The molecule has 174 valence electrons. The molecule has 0 amide bonds. The molecule has 1 aliphatic rings. The average Bonchev–Trinajstić information content (AvgIpc) is 2.82. The molecule has 0 unspecified atom stereocenters. The molecule has 0 bridgehead atoms. The highest BCUT2D eigenvalue weighted by atomic mass is 32.2. The molecule has 32 heavy (non-hydrogen) atoms. The first-order valence-corrected chi connectivity index (χ1v) is 12.3. The zero-order valence-electron chi connectivity index (χ0n) is 18.0. The summed E-state index contributed by atoms with van der Waals surface area (Å²) in [6.45, 7) is 3.75. The van der Waals surface area contributed by atoms with E-state index in [0.717, 1.165) is 18.6 Å². The monoisotopic (exact) mass is 468 g/mol. The molecular weight excluding hydrogens is 441 g/mol. The van der Waals surface area contributed by atoms with Crippen molar-refractivity contribution in [1.29, 1.82) is 0 Å². The van der Waals surface area contributed by atoms with Gasteiger partial charge >= 0.3 is 6.18 Å². The fourth-order valence-corrected chi connectivity index (χ4v) is 6.99. The number of alkyl halides is 3. The number of fused-ring (bicyclic) bond motifs is 1. The zero-order valence-corrected chi connectivity index (χ0v) is 18.8. The van der Waals surface area contributed by atoms with Gasteiger partial charge in [-0.05, 0) is 42.2 Å². The molecule has 2 aromatic rings. The fourth-order valence-electron chi connectivity index (χ4n) is 4.74. The Morgan fingerprint density at radius 1 is 1.16 bits per heavy atom. The largest absolute Gasteiger partial charge is 0.416 e. The summed E-state index contributed by atoms with van der Waals surface area (Å²) in [6, 6.07) is 8.71. The van der Waals surface area contributed by atoms with Gasteiger partial charge in [0.05, 0.1) is 22.3 Å². The lowest BCUT2D eigenvalue weighted by molar-refractivity contribution is -0.137. The van der Waals surface area contributed by atoms with Crippen LogP contribution in [0.2, 0.25) is 0 Å². The lowest BCUT2D eigenvalue weighted by Crippen LogP contribution is -2.42. The van der Waals surface area contributed by atoms with Gasteiger partial charge in [-0.3, -0.25) is 4.79 Å². The Balaban J connectivity index is 2.34. The van der Waals surface area contributed by atoms with Gasteiger partial charge in [0.2, 0.25) is 0 Å². The number of hydrogen-bond donors (Lipinski definition) is 1. The minimum atomic E-state index is -4.59. The molecular formula is C24H27F3O4S. The predicted molar refractivity (Wildman–Crippen MR) is 115 cm³/mol. The Hall–Kier alpha value is -2.19. The molecule has 8 heteroatoms. The summed E-state index contributed by atoms with van der Waals surface area (Å²) in [6.07, 6.45) is -3.06. The standard InChI is InChI=1S/C24H27F3O4S/c1-3-5-11-23(4-2)15-32(30,31)20-10-9-16(14-28)12-19(20)21(22(23)29)17-7-6-8-18(13-17)24(25,26)27/h6-10,12-14,21-22,29H,3-5,11,15H2,1-2H3/t21-,22-,23-/m1/s1. The van der Waals surface area contributed by atoms with E-state index < -0.39 is 39.0 Å². The van der Waals surface area contributed by atoms with Gasteiger partial charge in [0.15, 0.2) is 9.84 Å². The number of carbonyl (C=O) groups excluding carboxylic acids is 1. The number of rotatable bonds is 6. The summed E-state index contributed by atoms with van der Waals surface area (Å²) in [4.78, 5) is 11.4. The van der Waals surface area contributed by atoms with E-state index >= 15 is 0 Å². The summed E-state index contributed by atoms with van der Waals surface area (Å²) in [5.41, 5.74) is -1.39. The second-order valence-corrected chi connectivity index (χ2v) is 10.5. The van der Waals surface area contributed by atoms with Crippen LogP contribution in [0.3, 0.4) is 0 Å². The van der Waals surface area contributed by atoms with Gasteiger partial charge in [-0.25, -0.2) is 8.42 Å². The van der Waals surface area contributed by atoms with Crippen molar-refractivity contribution in [2.45, 2.75) is 62.6 Å². The molecule has 2 aromatic carbocycles. The van der Waals surface area contributed by atoms with Crippen LogP contribution in [0.1, 0.15) is 72.5 Å². The number of aliphatic hydroxyl groups is 1. The quantitative estimate of drug-likeness (QED) is 0.578. The van der Waals surface area contributed by atoms with Crippen molar-refractivity contribution >= 4 is 16.1 Å². The van der Waals surface area contributed by atoms with Crippen LogP contribution in [0.5, 0.6) is 0 Å². The van der Waals surface area contributed by atoms with E-state index in [1.807, 2.05) is 6.92 Å². The van der Waals surface area contributed by atoms with Crippen LogP contribution in [-0.2, 0) is 16.0 Å². The highest BCUT2D eigenvalue weighted by Gasteiger charge is 2.49. The molecule has 1 aliphatic heterocycles. The summed E-state index contributed by atoms with van der Waals surface area (Å²) < 4.78 is 67.1. The van der Waals surface area contributed by atoms with Gasteiger partial charge in [-0.15, -0.1) is 0 Å². The number of benzene rings is 2. The van der Waals surface area contributed by atoms with E-state index in [0.29, 0.717) is 25.5 Å². The van der Waals surface area contributed by atoms with Gasteiger partial charge in [0.1, 0.15) is 6.29 Å². The van der Waals surface area contributed by atoms with E-state index in [2.05, 4.69) is 0 Å². The number of aldehydes is 1. The number of carbonyl (C=O) groups is 1. The van der Waals surface area contributed by atoms with E-state index in [1.54, 1.807) is 6.92 Å². The SMILES string of the molecule is CCCC[C@]1(CC)CS(=O)(=O)c2ccc(C=O)cc2[C@@H](c2cccc(C(F)(F)F)c2)[C@H]1O. The van der Waals surface area contributed by atoms with Crippen LogP contribution in [0.25, 0.3) is 0 Å². The molecule has 3 rings (SSSR count). The molecule has 0 aromatic heterocycles. The van der Waals surface area contributed by atoms with E-state index in [4.69, 9.17) is 0 Å². The van der Waals surface area contributed by atoms with Crippen molar-refractivity contribution in [2.24, 2.45) is 5.41 Å². The Labute approximate surface area is 186 Å². The third-order valence-electron chi connectivity index (χ3n) is 6.57. The van der Waals surface area contributed by atoms with Crippen LogP contribution < -0.4 is 0 Å². The van der Waals surface area contributed by atoms with Crippen molar-refractivity contribution in [3.8, 4) is 0 Å². The molecule has 3 atom stereocenters. The number of sulfone groups is 1. The third kappa shape index (κ3) is 4.48. The van der Waals surface area contributed by atoms with Gasteiger partial charge in [-0.2, -0.15) is 13.2 Å². The summed E-state index contributed by atoms with van der Waals surface area (Å²) in [5.74, 6) is -1.33. The summed E-state index contributed by atoms with van der Waals surface area (Å²) in [5, 5.41) is 11.6. The van der Waals surface area contributed by atoms with Crippen LogP contribution in [0, 0.1) is 5.41 Å². The van der Waals surface area contributed by atoms with Crippen LogP contribution in [-0.4, -0.2) is 31.7 Å². The van der Waals surface area contributed by atoms with Gasteiger partial charge in [-0.1, -0.05) is 51.0 Å². The molecule has 0 saturated carbocycles. The predicted octanol–water partition coefficient (Wildman–Crippen LogP) is 5.38. The minimum absolute atomic E-state index is 0.0450. The molecule has 0 aliphatic carbocycles. The van der Waals surface area contributed by atoms with Crippen molar-refractivity contribution in [2.75, 3.05) is 5.75 Å². The van der Waals surface area contributed by atoms with Gasteiger partial charge < -0.3 is 5.11 Å². The van der Waals surface area contributed by atoms with E-state index in [-0.39, 0.29) is 27.3 Å². The van der Waals surface area contributed by atoms with Gasteiger partial charge in [0, 0.05) is 16.9 Å². The normalized spacial score (nSPS) is 25.1. The van der Waals surface area contributed by atoms with E-state index in [9.17, 15) is 31.5 Å². The maximum Gasteiger partial charge on any atom is 0.416 e. The summed E-state index contributed by atoms with van der Waals surface area (Å²) >= 11 is 0. The Morgan fingerprint density at radius 2 is 1.88 bits per heavy atom. The second kappa shape index (κ2) is 8.98. The maximum absolute atomic E-state index is 13.4. The number of aliphatic hydroxyl groups excluding tert-OH is 1. The molecule has 1 N–H and O–H groups in total. The zero-order chi connectivity index (χ0) is 23.7.